The topological polar surface area (TPSA) is 96.9 Å². The third-order valence-corrected chi connectivity index (χ3v) is 5.93. The van der Waals surface area contributed by atoms with Gasteiger partial charge < -0.3 is 5.32 Å². The molecule has 1 aromatic carbocycles. The number of thiazole rings is 1. The summed E-state index contributed by atoms with van der Waals surface area (Å²) in [4.78, 5) is 28.4. The molecule has 0 aliphatic carbocycles. The molecule has 0 aliphatic rings. The Labute approximate surface area is 174 Å². The molecule has 0 unspecified atom stereocenters. The second-order valence-corrected chi connectivity index (χ2v) is 8.76. The summed E-state index contributed by atoms with van der Waals surface area (Å²) >= 11 is 4.19. The Balaban J connectivity index is 1.49. The maximum Gasteiger partial charge on any atom is 0.250 e. The third-order valence-electron chi connectivity index (χ3n) is 3.27. The predicted molar refractivity (Wildman–Crippen MR) is 115 cm³/mol. The van der Waals surface area contributed by atoms with Crippen molar-refractivity contribution in [2.45, 2.75) is 17.7 Å². The van der Waals surface area contributed by atoms with E-state index in [1.165, 1.54) is 28.7 Å². The second-order valence-electron chi connectivity index (χ2n) is 5.41. The number of nitrogens with zero attached hydrogens (tertiary/aromatic N) is 3. The van der Waals surface area contributed by atoms with Crippen LogP contribution in [0.4, 0.5) is 10.3 Å². The van der Waals surface area contributed by atoms with Gasteiger partial charge in [0.25, 0.3) is 0 Å². The van der Waals surface area contributed by atoms with Gasteiger partial charge in [-0.3, -0.25) is 14.9 Å². The molecule has 3 aromatic rings. The molecule has 3 rings (SSSR count). The van der Waals surface area contributed by atoms with Crippen molar-refractivity contribution in [2.24, 2.45) is 0 Å². The number of benzene rings is 1. The normalized spacial score (nSPS) is 10.9. The fourth-order valence-electron chi connectivity index (χ4n) is 2.10. The van der Waals surface area contributed by atoms with Gasteiger partial charge in [0, 0.05) is 11.5 Å². The predicted octanol–water partition coefficient (Wildman–Crippen LogP) is 3.94. The van der Waals surface area contributed by atoms with E-state index in [9.17, 15) is 9.59 Å². The Hall–Kier alpha value is -2.56. The lowest BCUT2D eigenvalue weighted by Gasteiger charge is -1.98. The van der Waals surface area contributed by atoms with Crippen molar-refractivity contribution in [1.29, 1.82) is 0 Å². The molecule has 0 spiro atoms. The Bertz CT molecular complexity index is 969. The van der Waals surface area contributed by atoms with Crippen LogP contribution in [0.3, 0.4) is 0 Å². The van der Waals surface area contributed by atoms with Crippen LogP contribution >= 0.6 is 34.4 Å². The monoisotopic (exact) mass is 431 g/mol. The van der Waals surface area contributed by atoms with Crippen LogP contribution < -0.4 is 10.6 Å². The number of thioether (sulfide) groups is 1. The first-order valence-electron chi connectivity index (χ1n) is 8.37. The first-order valence-corrected chi connectivity index (χ1v) is 11.0. The van der Waals surface area contributed by atoms with Crippen LogP contribution in [0.15, 0.2) is 46.1 Å². The molecule has 0 saturated carbocycles. The summed E-state index contributed by atoms with van der Waals surface area (Å²) in [7, 11) is 0. The Morgan fingerprint density at radius 3 is 2.75 bits per heavy atom. The van der Waals surface area contributed by atoms with Gasteiger partial charge in [0.1, 0.15) is 0 Å². The average Bonchev–Trinajstić information content (AvgIpc) is 3.30. The van der Waals surface area contributed by atoms with E-state index in [1.807, 2.05) is 37.3 Å². The van der Waals surface area contributed by atoms with Gasteiger partial charge >= 0.3 is 0 Å². The second kappa shape index (κ2) is 10.1. The van der Waals surface area contributed by atoms with Crippen LogP contribution in [0.25, 0.3) is 6.08 Å². The van der Waals surface area contributed by atoms with Crippen LogP contribution in [-0.2, 0) is 16.0 Å². The minimum Gasteiger partial charge on any atom is -0.300 e. The summed E-state index contributed by atoms with van der Waals surface area (Å²) in [5.41, 5.74) is 1.52. The zero-order valence-electron chi connectivity index (χ0n) is 14.9. The highest BCUT2D eigenvalue weighted by atomic mass is 32.2. The number of nitrogens with one attached hydrogen (secondary N) is 2. The molecule has 144 valence electrons. The molecular formula is C18H17N5O2S3. The van der Waals surface area contributed by atoms with E-state index in [1.54, 1.807) is 23.2 Å². The van der Waals surface area contributed by atoms with E-state index in [4.69, 9.17) is 0 Å². The van der Waals surface area contributed by atoms with E-state index in [-0.39, 0.29) is 18.2 Å². The Kier molecular flexibility index (Phi) is 7.29. The molecular weight excluding hydrogens is 414 g/mol. The fourth-order valence-corrected chi connectivity index (χ4v) is 4.48. The van der Waals surface area contributed by atoms with Crippen molar-refractivity contribution in [3.8, 4) is 0 Å². The number of hydrogen-bond donors (Lipinski definition) is 2. The molecule has 0 bridgehead atoms. The highest BCUT2D eigenvalue weighted by Crippen LogP contribution is 2.25. The number of hydrogen-bond acceptors (Lipinski definition) is 8. The van der Waals surface area contributed by atoms with Gasteiger partial charge in [0.2, 0.25) is 16.9 Å². The smallest absolute Gasteiger partial charge is 0.250 e. The summed E-state index contributed by atoms with van der Waals surface area (Å²) in [5.74, 6) is 0.400. The zero-order chi connectivity index (χ0) is 19.8. The molecule has 28 heavy (non-hydrogen) atoms. The van der Waals surface area contributed by atoms with Crippen molar-refractivity contribution < 1.29 is 9.59 Å². The minimum absolute atomic E-state index is 0.0993. The number of aromatic nitrogens is 3. The lowest BCUT2D eigenvalue weighted by atomic mass is 10.2. The first kappa shape index (κ1) is 20.2. The van der Waals surface area contributed by atoms with Gasteiger partial charge in [0.15, 0.2) is 9.47 Å². The molecule has 0 radical (unpaired) electrons. The van der Waals surface area contributed by atoms with Gasteiger partial charge in [0.05, 0.1) is 12.1 Å². The van der Waals surface area contributed by atoms with Crippen LogP contribution in [0.1, 0.15) is 18.2 Å². The number of carbonyl (C=O) groups excluding carboxylic acids is 2. The van der Waals surface area contributed by atoms with Gasteiger partial charge in [-0.25, -0.2) is 4.98 Å². The molecule has 2 heterocycles. The number of rotatable bonds is 8. The van der Waals surface area contributed by atoms with Crippen molar-refractivity contribution in [3.05, 3.63) is 53.0 Å². The average molecular weight is 432 g/mol. The highest BCUT2D eigenvalue weighted by molar-refractivity contribution is 8.01. The highest BCUT2D eigenvalue weighted by Gasteiger charge is 2.12. The molecule has 0 aliphatic heterocycles. The fraction of sp³-hybridized carbons (Fsp3) is 0.167. The van der Waals surface area contributed by atoms with Crippen molar-refractivity contribution in [1.82, 2.24) is 15.2 Å². The summed E-state index contributed by atoms with van der Waals surface area (Å²) in [5, 5.41) is 16.0. The van der Waals surface area contributed by atoms with E-state index < -0.39 is 0 Å². The third kappa shape index (κ3) is 6.25. The van der Waals surface area contributed by atoms with Gasteiger partial charge in [-0.05, 0) is 17.4 Å². The van der Waals surface area contributed by atoms with E-state index in [0.717, 1.165) is 15.7 Å². The Morgan fingerprint density at radius 1 is 1.14 bits per heavy atom. The SMILES string of the molecule is CCSc1nnc(NC(=O)Cc2csc(NC(=O)/C=C/c3ccccc3)n2)s1. The number of anilines is 2. The molecule has 10 heteroatoms. The molecule has 0 saturated heterocycles. The van der Waals surface area contributed by atoms with Crippen molar-refractivity contribution >= 4 is 62.6 Å². The van der Waals surface area contributed by atoms with Crippen LogP contribution in [0.5, 0.6) is 0 Å². The van der Waals surface area contributed by atoms with Gasteiger partial charge in [-0.2, -0.15) is 0 Å². The maximum absolute atomic E-state index is 12.1. The van der Waals surface area contributed by atoms with Crippen LogP contribution in [0, 0.1) is 0 Å². The largest absolute Gasteiger partial charge is 0.300 e. The lowest BCUT2D eigenvalue weighted by Crippen LogP contribution is -2.14. The van der Waals surface area contributed by atoms with Crippen LogP contribution in [0.2, 0.25) is 0 Å². The first-order chi connectivity index (χ1) is 13.6. The maximum atomic E-state index is 12.1. The van der Waals surface area contributed by atoms with Crippen molar-refractivity contribution in [3.63, 3.8) is 0 Å². The summed E-state index contributed by atoms with van der Waals surface area (Å²) in [6.07, 6.45) is 3.27. The molecule has 7 nitrogen and oxygen atoms in total. The van der Waals surface area contributed by atoms with Crippen molar-refractivity contribution in [2.75, 3.05) is 16.4 Å². The molecule has 2 aromatic heterocycles. The van der Waals surface area contributed by atoms with E-state index >= 15 is 0 Å². The number of carbonyl (C=O) groups is 2. The van der Waals surface area contributed by atoms with E-state index in [0.29, 0.717) is 16.0 Å². The van der Waals surface area contributed by atoms with Crippen LogP contribution in [-0.4, -0.2) is 32.7 Å². The molecule has 0 fully saturated rings. The van der Waals surface area contributed by atoms with Gasteiger partial charge in [-0.1, -0.05) is 60.4 Å². The van der Waals surface area contributed by atoms with Gasteiger partial charge in [-0.15, -0.1) is 21.5 Å². The zero-order valence-corrected chi connectivity index (χ0v) is 17.4. The minimum atomic E-state index is -0.274. The number of amides is 2. The van der Waals surface area contributed by atoms with E-state index in [2.05, 4.69) is 25.8 Å². The Morgan fingerprint density at radius 2 is 1.96 bits per heavy atom. The molecule has 0 atom stereocenters. The summed E-state index contributed by atoms with van der Waals surface area (Å²) in [6.45, 7) is 2.03. The molecule has 2 amide bonds. The quantitative estimate of drug-likeness (QED) is 0.319. The molecule has 2 N–H and O–H groups in total. The lowest BCUT2D eigenvalue weighted by molar-refractivity contribution is -0.115. The summed E-state index contributed by atoms with van der Waals surface area (Å²) < 4.78 is 0.819. The standard InChI is InChI=1S/C18H17N5O2S3/c1-2-26-18-23-22-17(28-18)21-15(25)10-13-11-27-16(19-13)20-14(24)9-8-12-6-4-3-5-7-12/h3-9,11H,2,10H2,1H3,(H,19,20,24)(H,21,22,25)/b9-8+. The summed E-state index contributed by atoms with van der Waals surface area (Å²) in [6, 6.07) is 9.54.